The molecule has 1 saturated heterocycles. The minimum absolute atomic E-state index is 0.0252. The van der Waals surface area contributed by atoms with Crippen LogP contribution in [0.15, 0.2) is 30.3 Å². The Morgan fingerprint density at radius 3 is 2.76 bits per heavy atom. The summed E-state index contributed by atoms with van der Waals surface area (Å²) in [6, 6.07) is 10.1. The normalized spacial score (nSPS) is 33.3. The minimum Gasteiger partial charge on any atom is -0.404 e. The SMILES string of the molecule is CC1(C)C2CC3OB(C(Cc4ccccc4)NC(=O)CN)OC3C1C2. The molecule has 1 amide bonds. The van der Waals surface area contributed by atoms with Crippen LogP contribution in [0.3, 0.4) is 0 Å². The molecule has 6 heteroatoms. The van der Waals surface area contributed by atoms with E-state index in [0.29, 0.717) is 17.8 Å². The van der Waals surface area contributed by atoms with Gasteiger partial charge in [-0.3, -0.25) is 4.79 Å². The monoisotopic (exact) mass is 342 g/mol. The van der Waals surface area contributed by atoms with Crippen molar-refractivity contribution in [1.82, 2.24) is 5.32 Å². The van der Waals surface area contributed by atoms with E-state index < -0.39 is 7.12 Å². The predicted octanol–water partition coefficient (Wildman–Crippen LogP) is 1.55. The quantitative estimate of drug-likeness (QED) is 0.797. The van der Waals surface area contributed by atoms with Gasteiger partial charge in [-0.1, -0.05) is 44.2 Å². The second-order valence-electron chi connectivity index (χ2n) is 8.31. The van der Waals surface area contributed by atoms with Crippen LogP contribution in [0.25, 0.3) is 0 Å². The highest BCUT2D eigenvalue weighted by Crippen LogP contribution is 2.61. The molecule has 4 aliphatic rings. The van der Waals surface area contributed by atoms with E-state index in [2.05, 4.69) is 31.3 Å². The molecule has 25 heavy (non-hydrogen) atoms. The summed E-state index contributed by atoms with van der Waals surface area (Å²) < 4.78 is 12.6. The summed E-state index contributed by atoms with van der Waals surface area (Å²) in [6.07, 6.45) is 3.29. The second-order valence-corrected chi connectivity index (χ2v) is 8.31. The van der Waals surface area contributed by atoms with E-state index in [9.17, 15) is 4.79 Å². The van der Waals surface area contributed by atoms with Gasteiger partial charge < -0.3 is 20.4 Å². The molecule has 0 aromatic heterocycles. The fourth-order valence-corrected chi connectivity index (χ4v) is 4.90. The van der Waals surface area contributed by atoms with Gasteiger partial charge in [0.25, 0.3) is 0 Å². The molecule has 4 fully saturated rings. The van der Waals surface area contributed by atoms with Crippen molar-refractivity contribution in [3.05, 3.63) is 35.9 Å². The molecule has 2 bridgehead atoms. The Morgan fingerprint density at radius 1 is 1.32 bits per heavy atom. The third-order valence-electron chi connectivity index (χ3n) is 6.59. The molecule has 1 aliphatic heterocycles. The largest absolute Gasteiger partial charge is 0.481 e. The highest BCUT2D eigenvalue weighted by molar-refractivity contribution is 6.47. The van der Waals surface area contributed by atoms with Crippen LogP contribution in [0.5, 0.6) is 0 Å². The van der Waals surface area contributed by atoms with Crippen molar-refractivity contribution < 1.29 is 14.1 Å². The van der Waals surface area contributed by atoms with E-state index in [1.165, 1.54) is 6.42 Å². The molecule has 134 valence electrons. The molecule has 5 atom stereocenters. The highest BCUT2D eigenvalue weighted by Gasteiger charge is 2.62. The minimum atomic E-state index is -0.402. The standard InChI is InChI=1S/C19H27BN2O3/c1-19(2)13-9-14(19)18-15(10-13)24-20(25-18)16(22-17(23)11-21)8-12-6-4-3-5-7-12/h3-7,13-16,18H,8-11,21H2,1-2H3,(H,22,23). The molecule has 3 N–H and O–H groups in total. The summed E-state index contributed by atoms with van der Waals surface area (Å²) in [5.41, 5.74) is 6.99. The van der Waals surface area contributed by atoms with Crippen LogP contribution in [0.4, 0.5) is 0 Å². The number of rotatable bonds is 5. The molecule has 5 rings (SSSR count). The average Bonchev–Trinajstić information content (AvgIpc) is 3.05. The van der Waals surface area contributed by atoms with Crippen molar-refractivity contribution in [2.45, 2.75) is 51.3 Å². The van der Waals surface area contributed by atoms with Gasteiger partial charge in [0, 0.05) is 0 Å². The molecule has 5 nitrogen and oxygen atoms in total. The Hall–Kier alpha value is -1.37. The van der Waals surface area contributed by atoms with Crippen molar-refractivity contribution in [1.29, 1.82) is 0 Å². The zero-order chi connectivity index (χ0) is 17.6. The Morgan fingerprint density at radius 2 is 2.08 bits per heavy atom. The molecule has 5 unspecified atom stereocenters. The summed E-state index contributed by atoms with van der Waals surface area (Å²) >= 11 is 0. The van der Waals surface area contributed by atoms with Crippen LogP contribution in [0.2, 0.25) is 0 Å². The molecule has 0 radical (unpaired) electrons. The van der Waals surface area contributed by atoms with Crippen molar-refractivity contribution >= 4 is 13.0 Å². The number of nitrogens with one attached hydrogen (secondary N) is 1. The van der Waals surface area contributed by atoms with Crippen LogP contribution >= 0.6 is 0 Å². The summed E-state index contributed by atoms with van der Waals surface area (Å²) in [5, 5.41) is 3.00. The summed E-state index contributed by atoms with van der Waals surface area (Å²) in [4.78, 5) is 11.9. The Labute approximate surface area is 149 Å². The van der Waals surface area contributed by atoms with Gasteiger partial charge in [-0.15, -0.1) is 0 Å². The predicted molar refractivity (Wildman–Crippen MR) is 96.6 cm³/mol. The Bertz CT molecular complexity index is 639. The van der Waals surface area contributed by atoms with Gasteiger partial charge >= 0.3 is 7.12 Å². The van der Waals surface area contributed by atoms with E-state index in [-0.39, 0.29) is 30.6 Å². The van der Waals surface area contributed by atoms with Crippen molar-refractivity contribution in [2.75, 3.05) is 6.54 Å². The molecule has 3 saturated carbocycles. The van der Waals surface area contributed by atoms with Crippen molar-refractivity contribution in [3.8, 4) is 0 Å². The molecular formula is C19H27BN2O3. The fraction of sp³-hybridized carbons (Fsp3) is 0.632. The molecule has 1 aromatic carbocycles. The molecule has 1 heterocycles. The number of nitrogens with two attached hydrogens (primary N) is 1. The average molecular weight is 342 g/mol. The maximum absolute atomic E-state index is 11.9. The lowest BCUT2D eigenvalue weighted by molar-refractivity contribution is -0.150. The first kappa shape index (κ1) is 17.1. The molecule has 3 aliphatic carbocycles. The van der Waals surface area contributed by atoms with E-state index in [4.69, 9.17) is 15.0 Å². The van der Waals surface area contributed by atoms with E-state index in [1.54, 1.807) is 0 Å². The van der Waals surface area contributed by atoms with Gasteiger partial charge in [0.2, 0.25) is 5.91 Å². The van der Waals surface area contributed by atoms with Gasteiger partial charge in [-0.25, -0.2) is 0 Å². The summed E-state index contributed by atoms with van der Waals surface area (Å²) in [5.74, 6) is 0.896. The molecule has 0 spiro atoms. The Kier molecular flexibility index (Phi) is 4.38. The number of hydrogen-bond acceptors (Lipinski definition) is 4. The zero-order valence-corrected chi connectivity index (χ0v) is 15.0. The van der Waals surface area contributed by atoms with Crippen molar-refractivity contribution in [3.63, 3.8) is 0 Å². The summed E-state index contributed by atoms with van der Waals surface area (Å²) in [7, 11) is -0.402. The van der Waals surface area contributed by atoms with Crippen LogP contribution < -0.4 is 11.1 Å². The number of benzene rings is 1. The number of amides is 1. The van der Waals surface area contributed by atoms with E-state index in [0.717, 1.165) is 17.9 Å². The van der Waals surface area contributed by atoms with Gasteiger partial charge in [-0.05, 0) is 42.1 Å². The third kappa shape index (κ3) is 3.00. The third-order valence-corrected chi connectivity index (χ3v) is 6.59. The molecular weight excluding hydrogens is 315 g/mol. The first-order chi connectivity index (χ1) is 12.0. The number of hydrogen-bond donors (Lipinski definition) is 2. The zero-order valence-electron chi connectivity index (χ0n) is 15.0. The van der Waals surface area contributed by atoms with Gasteiger partial charge in [-0.2, -0.15) is 0 Å². The van der Waals surface area contributed by atoms with Crippen LogP contribution in [-0.4, -0.2) is 37.7 Å². The smallest absolute Gasteiger partial charge is 0.404 e. The van der Waals surface area contributed by atoms with E-state index in [1.807, 2.05) is 18.2 Å². The lowest BCUT2D eigenvalue weighted by Crippen LogP contribution is -2.59. The first-order valence-electron chi connectivity index (χ1n) is 9.33. The molecule has 1 aromatic rings. The van der Waals surface area contributed by atoms with Crippen LogP contribution in [-0.2, 0) is 20.5 Å². The van der Waals surface area contributed by atoms with Gasteiger partial charge in [0.05, 0.1) is 24.7 Å². The topological polar surface area (TPSA) is 73.6 Å². The highest BCUT2D eigenvalue weighted by atomic mass is 16.7. The lowest BCUT2D eigenvalue weighted by atomic mass is 9.47. The maximum Gasteiger partial charge on any atom is 0.481 e. The van der Waals surface area contributed by atoms with Gasteiger partial charge in [0.15, 0.2) is 0 Å². The summed E-state index contributed by atoms with van der Waals surface area (Å²) in [6.45, 7) is 4.66. The fourth-order valence-electron chi connectivity index (χ4n) is 4.90. The van der Waals surface area contributed by atoms with Crippen molar-refractivity contribution in [2.24, 2.45) is 23.0 Å². The van der Waals surface area contributed by atoms with Gasteiger partial charge in [0.1, 0.15) is 0 Å². The maximum atomic E-state index is 11.9. The number of carbonyl (C=O) groups is 1. The van der Waals surface area contributed by atoms with Crippen LogP contribution in [0, 0.1) is 17.3 Å². The van der Waals surface area contributed by atoms with E-state index >= 15 is 0 Å². The lowest BCUT2D eigenvalue weighted by Gasteiger charge is -2.60. The van der Waals surface area contributed by atoms with Crippen LogP contribution in [0.1, 0.15) is 32.3 Å². The number of carbonyl (C=O) groups excluding carboxylic acids is 1. The first-order valence-corrected chi connectivity index (χ1v) is 9.33. The second kappa shape index (κ2) is 6.42. The Balaban J connectivity index is 1.49.